The number of aromatic nitrogens is 2. The Balaban J connectivity index is 2.68. The molecule has 0 unspecified atom stereocenters. The predicted octanol–water partition coefficient (Wildman–Crippen LogP) is 2.06. The standard InChI is InChI=1S/C12H14N2O2/c1-4-16-12(15)10-8(2)14(3)11-9(10)6-5-7-13-11/h5-7H,4H2,1-3H3. The summed E-state index contributed by atoms with van der Waals surface area (Å²) in [4.78, 5) is 16.1. The van der Waals surface area contributed by atoms with E-state index in [0.717, 1.165) is 16.7 Å². The highest BCUT2D eigenvalue weighted by Crippen LogP contribution is 2.23. The number of hydrogen-bond acceptors (Lipinski definition) is 3. The molecule has 0 aliphatic rings. The topological polar surface area (TPSA) is 44.1 Å². The third-order valence-electron chi connectivity index (χ3n) is 2.72. The molecule has 0 fully saturated rings. The molecule has 4 heteroatoms. The van der Waals surface area contributed by atoms with Crippen LogP contribution in [-0.4, -0.2) is 22.1 Å². The lowest BCUT2D eigenvalue weighted by Crippen LogP contribution is -2.06. The summed E-state index contributed by atoms with van der Waals surface area (Å²) < 4.78 is 6.95. The van der Waals surface area contributed by atoms with Gasteiger partial charge < -0.3 is 9.30 Å². The van der Waals surface area contributed by atoms with Gasteiger partial charge in [-0.05, 0) is 26.0 Å². The van der Waals surface area contributed by atoms with Crippen LogP contribution in [0.1, 0.15) is 23.0 Å². The smallest absolute Gasteiger partial charge is 0.340 e. The molecule has 0 amide bonds. The Kier molecular flexibility index (Phi) is 2.64. The Bertz CT molecular complexity index is 543. The Hall–Kier alpha value is -1.84. The van der Waals surface area contributed by atoms with Gasteiger partial charge in [-0.1, -0.05) is 0 Å². The molecule has 2 aromatic rings. The first-order valence-electron chi connectivity index (χ1n) is 5.24. The first-order chi connectivity index (χ1) is 7.66. The minimum Gasteiger partial charge on any atom is -0.462 e. The van der Waals surface area contributed by atoms with Crippen LogP contribution >= 0.6 is 0 Å². The van der Waals surface area contributed by atoms with Crippen LogP contribution in [0, 0.1) is 6.92 Å². The summed E-state index contributed by atoms with van der Waals surface area (Å²) >= 11 is 0. The van der Waals surface area contributed by atoms with Crippen molar-refractivity contribution >= 4 is 17.0 Å². The van der Waals surface area contributed by atoms with Crippen molar-refractivity contribution in [1.82, 2.24) is 9.55 Å². The zero-order valence-corrected chi connectivity index (χ0v) is 9.65. The van der Waals surface area contributed by atoms with Gasteiger partial charge in [-0.15, -0.1) is 0 Å². The highest BCUT2D eigenvalue weighted by atomic mass is 16.5. The fourth-order valence-electron chi connectivity index (χ4n) is 1.84. The van der Waals surface area contributed by atoms with Crippen LogP contribution in [0.15, 0.2) is 18.3 Å². The largest absolute Gasteiger partial charge is 0.462 e. The van der Waals surface area contributed by atoms with Gasteiger partial charge in [0.2, 0.25) is 0 Å². The molecule has 84 valence electrons. The summed E-state index contributed by atoms with van der Waals surface area (Å²) in [6.07, 6.45) is 1.72. The molecule has 4 nitrogen and oxygen atoms in total. The van der Waals surface area contributed by atoms with E-state index < -0.39 is 0 Å². The molecule has 0 saturated heterocycles. The van der Waals surface area contributed by atoms with Crippen molar-refractivity contribution in [2.45, 2.75) is 13.8 Å². The lowest BCUT2D eigenvalue weighted by Gasteiger charge is -2.01. The molecule has 0 atom stereocenters. The normalized spacial score (nSPS) is 10.7. The minimum absolute atomic E-state index is 0.279. The highest BCUT2D eigenvalue weighted by molar-refractivity contribution is 6.04. The SMILES string of the molecule is CCOC(=O)c1c(C)n(C)c2ncccc12. The first-order valence-corrected chi connectivity index (χ1v) is 5.24. The number of ether oxygens (including phenoxy) is 1. The number of pyridine rings is 1. The monoisotopic (exact) mass is 218 g/mol. The Morgan fingerprint density at radius 3 is 3.00 bits per heavy atom. The number of hydrogen-bond donors (Lipinski definition) is 0. The average Bonchev–Trinajstić information content (AvgIpc) is 2.53. The van der Waals surface area contributed by atoms with Crippen LogP contribution in [0.3, 0.4) is 0 Å². The van der Waals surface area contributed by atoms with Crippen LogP contribution < -0.4 is 0 Å². The summed E-state index contributed by atoms with van der Waals surface area (Å²) in [5, 5.41) is 0.848. The Morgan fingerprint density at radius 2 is 2.31 bits per heavy atom. The van der Waals surface area contributed by atoms with Gasteiger partial charge in [-0.2, -0.15) is 0 Å². The maximum atomic E-state index is 11.8. The zero-order valence-electron chi connectivity index (χ0n) is 9.65. The molecule has 2 aromatic heterocycles. The number of nitrogens with zero attached hydrogens (tertiary/aromatic N) is 2. The van der Waals surface area contributed by atoms with Crippen molar-refractivity contribution in [1.29, 1.82) is 0 Å². The molecule has 0 aliphatic heterocycles. The molecule has 0 saturated carbocycles. The maximum Gasteiger partial charge on any atom is 0.340 e. The van der Waals surface area contributed by atoms with Crippen molar-refractivity contribution in [3.63, 3.8) is 0 Å². The van der Waals surface area contributed by atoms with Gasteiger partial charge in [0.05, 0.1) is 12.2 Å². The zero-order chi connectivity index (χ0) is 11.7. The predicted molar refractivity (Wildman–Crippen MR) is 61.4 cm³/mol. The van der Waals surface area contributed by atoms with E-state index in [4.69, 9.17) is 4.74 Å². The van der Waals surface area contributed by atoms with E-state index in [2.05, 4.69) is 4.98 Å². The van der Waals surface area contributed by atoms with E-state index in [1.54, 1.807) is 13.1 Å². The molecule has 0 aliphatic carbocycles. The van der Waals surface area contributed by atoms with E-state index in [1.807, 2.05) is 30.7 Å². The summed E-state index contributed by atoms with van der Waals surface area (Å²) in [5.41, 5.74) is 2.31. The van der Waals surface area contributed by atoms with E-state index in [1.165, 1.54) is 0 Å². The second-order valence-electron chi connectivity index (χ2n) is 3.61. The van der Waals surface area contributed by atoms with Crippen LogP contribution in [0.4, 0.5) is 0 Å². The van der Waals surface area contributed by atoms with Gasteiger partial charge in [-0.25, -0.2) is 9.78 Å². The Labute approximate surface area is 93.9 Å². The molecule has 2 heterocycles. The van der Waals surface area contributed by atoms with Gasteiger partial charge in [0.1, 0.15) is 5.65 Å². The van der Waals surface area contributed by atoms with Gasteiger partial charge in [0, 0.05) is 24.3 Å². The molecule has 0 radical (unpaired) electrons. The molecule has 2 rings (SSSR count). The number of carbonyl (C=O) groups excluding carboxylic acids is 1. The van der Waals surface area contributed by atoms with E-state index in [9.17, 15) is 4.79 Å². The molecule has 16 heavy (non-hydrogen) atoms. The average molecular weight is 218 g/mol. The van der Waals surface area contributed by atoms with Crippen molar-refractivity contribution in [3.8, 4) is 0 Å². The second kappa shape index (κ2) is 3.96. The third-order valence-corrected chi connectivity index (χ3v) is 2.72. The molecule has 0 spiro atoms. The number of aryl methyl sites for hydroxylation is 1. The van der Waals surface area contributed by atoms with E-state index in [-0.39, 0.29) is 5.97 Å². The van der Waals surface area contributed by atoms with Crippen molar-refractivity contribution < 1.29 is 9.53 Å². The third kappa shape index (κ3) is 1.46. The van der Waals surface area contributed by atoms with Crippen LogP contribution in [0.5, 0.6) is 0 Å². The van der Waals surface area contributed by atoms with E-state index in [0.29, 0.717) is 12.2 Å². The maximum absolute atomic E-state index is 11.8. The lowest BCUT2D eigenvalue weighted by atomic mass is 10.2. The highest BCUT2D eigenvalue weighted by Gasteiger charge is 2.19. The van der Waals surface area contributed by atoms with Gasteiger partial charge >= 0.3 is 5.97 Å². The molecule has 0 bridgehead atoms. The first kappa shape index (κ1) is 10.7. The summed E-state index contributed by atoms with van der Waals surface area (Å²) in [7, 11) is 1.90. The second-order valence-corrected chi connectivity index (χ2v) is 3.61. The fourth-order valence-corrected chi connectivity index (χ4v) is 1.84. The molecular formula is C12H14N2O2. The number of rotatable bonds is 2. The van der Waals surface area contributed by atoms with E-state index >= 15 is 0 Å². The van der Waals surface area contributed by atoms with Gasteiger partial charge in [0.25, 0.3) is 0 Å². The van der Waals surface area contributed by atoms with Crippen LogP contribution in [-0.2, 0) is 11.8 Å². The number of carbonyl (C=O) groups is 1. The minimum atomic E-state index is -0.279. The van der Waals surface area contributed by atoms with Crippen LogP contribution in [0.25, 0.3) is 11.0 Å². The summed E-state index contributed by atoms with van der Waals surface area (Å²) in [6, 6.07) is 3.71. The van der Waals surface area contributed by atoms with Crippen molar-refractivity contribution in [2.24, 2.45) is 7.05 Å². The summed E-state index contributed by atoms with van der Waals surface area (Å²) in [5.74, 6) is -0.279. The molecular weight excluding hydrogens is 204 g/mol. The van der Waals surface area contributed by atoms with Gasteiger partial charge in [0.15, 0.2) is 0 Å². The van der Waals surface area contributed by atoms with Crippen LogP contribution in [0.2, 0.25) is 0 Å². The summed E-state index contributed by atoms with van der Waals surface area (Å²) in [6.45, 7) is 4.08. The number of esters is 1. The Morgan fingerprint density at radius 1 is 1.56 bits per heavy atom. The van der Waals surface area contributed by atoms with Crippen molar-refractivity contribution in [2.75, 3.05) is 6.61 Å². The lowest BCUT2D eigenvalue weighted by molar-refractivity contribution is 0.0527. The van der Waals surface area contributed by atoms with Gasteiger partial charge in [-0.3, -0.25) is 0 Å². The number of fused-ring (bicyclic) bond motifs is 1. The molecule has 0 aromatic carbocycles. The fraction of sp³-hybridized carbons (Fsp3) is 0.333. The molecule has 0 N–H and O–H groups in total. The quantitative estimate of drug-likeness (QED) is 0.725. The van der Waals surface area contributed by atoms with Crippen molar-refractivity contribution in [3.05, 3.63) is 29.6 Å².